The number of aliphatic hydroxyl groups excluding tert-OH is 1. The van der Waals surface area contributed by atoms with E-state index in [0.717, 1.165) is 43.9 Å². The van der Waals surface area contributed by atoms with Crippen molar-refractivity contribution in [2.24, 2.45) is 0 Å². The van der Waals surface area contributed by atoms with Crippen LogP contribution >= 0.6 is 0 Å². The average Bonchev–Trinajstić information content (AvgIpc) is 2.90. The predicted molar refractivity (Wildman–Crippen MR) is 71.1 cm³/mol. The Morgan fingerprint density at radius 1 is 1.44 bits per heavy atom. The van der Waals surface area contributed by atoms with Crippen LogP contribution in [-0.4, -0.2) is 37.6 Å². The fraction of sp³-hybridized carbons (Fsp3) is 0.571. The highest BCUT2D eigenvalue weighted by molar-refractivity contribution is 5.48. The van der Waals surface area contributed by atoms with Gasteiger partial charge in [-0.2, -0.15) is 0 Å². The van der Waals surface area contributed by atoms with Gasteiger partial charge in [-0.1, -0.05) is 6.07 Å². The fourth-order valence-corrected chi connectivity index (χ4v) is 1.97. The minimum Gasteiger partial charge on any atom is -0.491 e. The van der Waals surface area contributed by atoms with E-state index in [1.165, 1.54) is 0 Å². The molecule has 1 aromatic rings. The van der Waals surface area contributed by atoms with Gasteiger partial charge in [0.15, 0.2) is 0 Å². The van der Waals surface area contributed by atoms with Crippen molar-refractivity contribution in [3.63, 3.8) is 0 Å². The maximum atomic E-state index is 8.73. The van der Waals surface area contributed by atoms with Crippen LogP contribution in [0, 0.1) is 0 Å². The second-order valence-corrected chi connectivity index (χ2v) is 4.48. The second kappa shape index (κ2) is 7.24. The molecule has 4 nitrogen and oxygen atoms in total. The van der Waals surface area contributed by atoms with Crippen molar-refractivity contribution in [3.8, 4) is 5.75 Å². The highest BCUT2D eigenvalue weighted by Crippen LogP contribution is 2.19. The normalized spacial score (nSPS) is 18.8. The molecule has 2 rings (SSSR count). The summed E-state index contributed by atoms with van der Waals surface area (Å²) in [5, 5.41) is 12.0. The lowest BCUT2D eigenvalue weighted by molar-refractivity contribution is 0.0680. The molecule has 2 N–H and O–H groups in total. The maximum absolute atomic E-state index is 8.73. The summed E-state index contributed by atoms with van der Waals surface area (Å²) in [7, 11) is 0. The lowest BCUT2D eigenvalue weighted by Crippen LogP contribution is -2.16. The molecule has 1 heterocycles. The van der Waals surface area contributed by atoms with Crippen molar-refractivity contribution in [2.75, 3.05) is 31.7 Å². The summed E-state index contributed by atoms with van der Waals surface area (Å²) in [5.74, 6) is 0.861. The monoisotopic (exact) mass is 251 g/mol. The third-order valence-electron chi connectivity index (χ3n) is 2.96. The summed E-state index contributed by atoms with van der Waals surface area (Å²) in [5.41, 5.74) is 1.02. The molecule has 1 unspecified atom stereocenters. The molecule has 0 radical (unpaired) electrons. The van der Waals surface area contributed by atoms with Gasteiger partial charge in [0, 0.05) is 31.5 Å². The smallest absolute Gasteiger partial charge is 0.121 e. The van der Waals surface area contributed by atoms with E-state index < -0.39 is 0 Å². The van der Waals surface area contributed by atoms with Crippen LogP contribution in [0.1, 0.15) is 19.3 Å². The second-order valence-electron chi connectivity index (χ2n) is 4.48. The van der Waals surface area contributed by atoms with Crippen LogP contribution in [0.15, 0.2) is 24.3 Å². The SMILES string of the molecule is OCCCNc1cccc(OCC2CCCO2)c1. The van der Waals surface area contributed by atoms with Crippen molar-refractivity contribution in [1.82, 2.24) is 0 Å². The average molecular weight is 251 g/mol. The van der Waals surface area contributed by atoms with E-state index in [1.54, 1.807) is 0 Å². The molecule has 0 aromatic heterocycles. The maximum Gasteiger partial charge on any atom is 0.121 e. The van der Waals surface area contributed by atoms with Gasteiger partial charge >= 0.3 is 0 Å². The van der Waals surface area contributed by atoms with E-state index in [-0.39, 0.29) is 12.7 Å². The molecule has 0 spiro atoms. The number of benzene rings is 1. The molecule has 100 valence electrons. The minimum atomic E-state index is 0.211. The molecule has 1 saturated heterocycles. The van der Waals surface area contributed by atoms with E-state index in [0.29, 0.717) is 6.61 Å². The molecular formula is C14H21NO3. The first kappa shape index (κ1) is 13.2. The fourth-order valence-electron chi connectivity index (χ4n) is 1.97. The number of hydrogen-bond acceptors (Lipinski definition) is 4. The van der Waals surface area contributed by atoms with Gasteiger partial charge in [0.2, 0.25) is 0 Å². The molecular weight excluding hydrogens is 230 g/mol. The number of ether oxygens (including phenoxy) is 2. The molecule has 4 heteroatoms. The van der Waals surface area contributed by atoms with Crippen LogP contribution in [0.2, 0.25) is 0 Å². The van der Waals surface area contributed by atoms with Gasteiger partial charge < -0.3 is 19.9 Å². The Bertz CT molecular complexity index is 351. The highest BCUT2D eigenvalue weighted by Gasteiger charge is 2.15. The first-order valence-corrected chi connectivity index (χ1v) is 6.57. The van der Waals surface area contributed by atoms with Crippen LogP contribution < -0.4 is 10.1 Å². The number of aliphatic hydroxyl groups is 1. The summed E-state index contributed by atoms with van der Waals surface area (Å²) in [4.78, 5) is 0. The molecule has 1 aliphatic rings. The zero-order chi connectivity index (χ0) is 12.6. The van der Waals surface area contributed by atoms with E-state index >= 15 is 0 Å². The Morgan fingerprint density at radius 3 is 3.17 bits per heavy atom. The zero-order valence-corrected chi connectivity index (χ0v) is 10.6. The Labute approximate surface area is 108 Å². The third-order valence-corrected chi connectivity index (χ3v) is 2.96. The van der Waals surface area contributed by atoms with Crippen molar-refractivity contribution >= 4 is 5.69 Å². The van der Waals surface area contributed by atoms with Crippen LogP contribution in [0.25, 0.3) is 0 Å². The van der Waals surface area contributed by atoms with Crippen molar-refractivity contribution < 1.29 is 14.6 Å². The van der Waals surface area contributed by atoms with Gasteiger partial charge in [0.05, 0.1) is 6.10 Å². The summed E-state index contributed by atoms with van der Waals surface area (Å²) < 4.78 is 11.2. The molecule has 1 fully saturated rings. The first-order valence-electron chi connectivity index (χ1n) is 6.57. The molecule has 0 saturated carbocycles. The van der Waals surface area contributed by atoms with Crippen molar-refractivity contribution in [2.45, 2.75) is 25.4 Å². The number of nitrogens with one attached hydrogen (secondary N) is 1. The topological polar surface area (TPSA) is 50.7 Å². The Hall–Kier alpha value is -1.26. The molecule has 1 aromatic carbocycles. The van der Waals surface area contributed by atoms with E-state index in [2.05, 4.69) is 5.32 Å². The van der Waals surface area contributed by atoms with Gasteiger partial charge in [-0.05, 0) is 31.4 Å². The standard InChI is InChI=1S/C14H21NO3/c16-8-3-7-15-12-4-1-5-13(10-12)18-11-14-6-2-9-17-14/h1,4-5,10,14-16H,2-3,6-9,11H2. The third kappa shape index (κ3) is 4.20. The van der Waals surface area contributed by atoms with Gasteiger partial charge in [-0.15, -0.1) is 0 Å². The zero-order valence-electron chi connectivity index (χ0n) is 10.6. The predicted octanol–water partition coefficient (Wildman–Crippen LogP) is 2.04. The summed E-state index contributed by atoms with van der Waals surface area (Å²) in [6.07, 6.45) is 3.22. The van der Waals surface area contributed by atoms with Crippen LogP contribution in [-0.2, 0) is 4.74 Å². The lowest BCUT2D eigenvalue weighted by atomic mass is 10.2. The summed E-state index contributed by atoms with van der Waals surface area (Å²) in [6.45, 7) is 2.46. The quantitative estimate of drug-likeness (QED) is 0.728. The molecule has 1 atom stereocenters. The molecule has 1 aliphatic heterocycles. The van der Waals surface area contributed by atoms with E-state index in [1.807, 2.05) is 24.3 Å². The Kier molecular flexibility index (Phi) is 5.30. The molecule has 0 aliphatic carbocycles. The van der Waals surface area contributed by atoms with Gasteiger partial charge in [0.1, 0.15) is 12.4 Å². The van der Waals surface area contributed by atoms with Crippen LogP contribution in [0.5, 0.6) is 5.75 Å². The van der Waals surface area contributed by atoms with Crippen LogP contribution in [0.3, 0.4) is 0 Å². The number of anilines is 1. The Balaban J connectivity index is 1.78. The van der Waals surface area contributed by atoms with E-state index in [9.17, 15) is 0 Å². The lowest BCUT2D eigenvalue weighted by Gasteiger charge is -2.12. The molecule has 0 bridgehead atoms. The van der Waals surface area contributed by atoms with Crippen LogP contribution in [0.4, 0.5) is 5.69 Å². The van der Waals surface area contributed by atoms with E-state index in [4.69, 9.17) is 14.6 Å². The minimum absolute atomic E-state index is 0.211. The Morgan fingerprint density at radius 2 is 2.39 bits per heavy atom. The summed E-state index contributed by atoms with van der Waals surface area (Å²) in [6, 6.07) is 7.89. The highest BCUT2D eigenvalue weighted by atomic mass is 16.5. The van der Waals surface area contributed by atoms with Crippen molar-refractivity contribution in [3.05, 3.63) is 24.3 Å². The number of hydrogen-bond donors (Lipinski definition) is 2. The van der Waals surface area contributed by atoms with Gasteiger partial charge in [-0.3, -0.25) is 0 Å². The molecule has 18 heavy (non-hydrogen) atoms. The van der Waals surface area contributed by atoms with Crippen molar-refractivity contribution in [1.29, 1.82) is 0 Å². The summed E-state index contributed by atoms with van der Waals surface area (Å²) >= 11 is 0. The molecule has 0 amide bonds. The van der Waals surface area contributed by atoms with Gasteiger partial charge in [-0.25, -0.2) is 0 Å². The van der Waals surface area contributed by atoms with Gasteiger partial charge in [0.25, 0.3) is 0 Å². The largest absolute Gasteiger partial charge is 0.491 e. The first-order chi connectivity index (χ1) is 8.88. The number of rotatable bonds is 7.